The van der Waals surface area contributed by atoms with Crippen LogP contribution >= 0.6 is 11.6 Å². The highest BCUT2D eigenvalue weighted by Crippen LogP contribution is 2.21. The minimum absolute atomic E-state index is 0.0290. The molecular weight excluding hydrogens is 259 g/mol. The molecule has 0 saturated carbocycles. The molecule has 0 radical (unpaired) electrons. The van der Waals surface area contributed by atoms with Gasteiger partial charge in [0.2, 0.25) is 5.96 Å². The van der Waals surface area contributed by atoms with Crippen LogP contribution in [0.2, 0.25) is 5.02 Å². The number of methoxy groups -OCH3 is 1. The normalized spacial score (nSPS) is 13.3. The second kappa shape index (κ2) is 7.15. The monoisotopic (exact) mass is 274 g/mol. The Kier molecular flexibility index (Phi) is 5.84. The zero-order valence-corrected chi connectivity index (χ0v) is 11.0. The lowest BCUT2D eigenvalue weighted by Crippen LogP contribution is -2.37. The van der Waals surface area contributed by atoms with Crippen molar-refractivity contribution in [3.8, 4) is 0 Å². The Bertz CT molecular complexity index is 428. The molecule has 1 rings (SSSR count). The summed E-state index contributed by atoms with van der Waals surface area (Å²) in [5, 5.41) is 2.75. The molecule has 0 fully saturated rings. The first-order valence-electron chi connectivity index (χ1n) is 5.32. The molecule has 7 heteroatoms. The van der Waals surface area contributed by atoms with E-state index in [0.29, 0.717) is 6.61 Å². The van der Waals surface area contributed by atoms with Gasteiger partial charge >= 0.3 is 0 Å². The predicted molar refractivity (Wildman–Crippen MR) is 71.1 cm³/mol. The summed E-state index contributed by atoms with van der Waals surface area (Å²) >= 11 is 5.67. The van der Waals surface area contributed by atoms with Gasteiger partial charge in [0.15, 0.2) is 5.82 Å². The van der Waals surface area contributed by atoms with Gasteiger partial charge in [-0.1, -0.05) is 17.7 Å². The van der Waals surface area contributed by atoms with Crippen LogP contribution in [0, 0.1) is 5.82 Å². The maximum absolute atomic E-state index is 13.6. The molecule has 1 aromatic carbocycles. The second-order valence-corrected chi connectivity index (χ2v) is 4.06. The number of benzene rings is 1. The number of anilines is 1. The highest BCUT2D eigenvalue weighted by atomic mass is 35.5. The summed E-state index contributed by atoms with van der Waals surface area (Å²) in [7, 11) is 1.58. The van der Waals surface area contributed by atoms with Crippen molar-refractivity contribution in [2.75, 3.05) is 19.0 Å². The molecule has 0 aliphatic heterocycles. The number of hydrogen-bond acceptors (Lipinski definition) is 3. The highest BCUT2D eigenvalue weighted by molar-refractivity contribution is 6.31. The van der Waals surface area contributed by atoms with Crippen LogP contribution < -0.4 is 16.6 Å². The van der Waals surface area contributed by atoms with E-state index in [4.69, 9.17) is 22.2 Å². The quantitative estimate of drug-likeness (QED) is 0.339. The van der Waals surface area contributed by atoms with Gasteiger partial charge in [-0.15, -0.1) is 0 Å². The Hall–Kier alpha value is -1.37. The van der Waals surface area contributed by atoms with Crippen LogP contribution in [-0.4, -0.2) is 25.7 Å². The molecule has 0 spiro atoms. The fourth-order valence-corrected chi connectivity index (χ4v) is 1.51. The lowest BCUT2D eigenvalue weighted by atomic mass is 10.3. The molecular formula is C11H16ClFN4O. The third-order valence-corrected chi connectivity index (χ3v) is 2.39. The van der Waals surface area contributed by atoms with Gasteiger partial charge in [-0.25, -0.2) is 15.2 Å². The number of hydrazine groups is 1. The van der Waals surface area contributed by atoms with Gasteiger partial charge in [0.25, 0.3) is 0 Å². The second-order valence-electron chi connectivity index (χ2n) is 3.65. The maximum atomic E-state index is 13.6. The number of rotatable bonds is 4. The number of halogens is 2. The number of nitrogens with zero attached hydrogens (tertiary/aromatic N) is 1. The molecule has 0 aliphatic carbocycles. The van der Waals surface area contributed by atoms with Crippen molar-refractivity contribution in [3.05, 3.63) is 29.0 Å². The van der Waals surface area contributed by atoms with Crippen LogP contribution in [0.25, 0.3) is 0 Å². The Morgan fingerprint density at radius 2 is 2.33 bits per heavy atom. The first kappa shape index (κ1) is 14.7. The predicted octanol–water partition coefficient (Wildman–Crippen LogP) is 1.75. The fraction of sp³-hybridized carbons (Fsp3) is 0.364. The molecule has 1 unspecified atom stereocenters. The Morgan fingerprint density at radius 3 is 2.94 bits per heavy atom. The molecule has 1 atom stereocenters. The smallest absolute Gasteiger partial charge is 0.210 e. The largest absolute Gasteiger partial charge is 0.382 e. The number of nitrogens with one attached hydrogen (secondary N) is 2. The van der Waals surface area contributed by atoms with Crippen LogP contribution in [0.3, 0.4) is 0 Å². The number of ether oxygens (including phenoxy) is 1. The summed E-state index contributed by atoms with van der Waals surface area (Å²) < 4.78 is 18.6. The minimum Gasteiger partial charge on any atom is -0.382 e. The van der Waals surface area contributed by atoms with Gasteiger partial charge in [0.05, 0.1) is 23.4 Å². The first-order valence-corrected chi connectivity index (χ1v) is 5.70. The molecule has 18 heavy (non-hydrogen) atoms. The summed E-state index contributed by atoms with van der Waals surface area (Å²) in [6.07, 6.45) is 0. The van der Waals surface area contributed by atoms with Crippen LogP contribution in [-0.2, 0) is 4.74 Å². The maximum Gasteiger partial charge on any atom is 0.210 e. The van der Waals surface area contributed by atoms with Gasteiger partial charge in [-0.3, -0.25) is 5.43 Å². The topological polar surface area (TPSA) is 71.7 Å². The Labute approximate surface area is 110 Å². The lowest BCUT2D eigenvalue weighted by molar-refractivity contribution is 0.185. The van der Waals surface area contributed by atoms with Crippen molar-refractivity contribution in [2.24, 2.45) is 10.8 Å². The Balaban J connectivity index is 2.83. The molecule has 0 heterocycles. The summed E-state index contributed by atoms with van der Waals surface area (Å²) in [5.41, 5.74) is 2.56. The van der Waals surface area contributed by atoms with Crippen molar-refractivity contribution in [1.82, 2.24) is 5.43 Å². The van der Waals surface area contributed by atoms with E-state index in [0.717, 1.165) is 0 Å². The van der Waals surface area contributed by atoms with Crippen molar-refractivity contribution in [1.29, 1.82) is 0 Å². The van der Waals surface area contributed by atoms with E-state index in [1.807, 2.05) is 6.92 Å². The average Bonchev–Trinajstić information content (AvgIpc) is 2.34. The van der Waals surface area contributed by atoms with Crippen LogP contribution in [0.5, 0.6) is 0 Å². The number of aliphatic imine (C=N–C) groups is 1. The van der Waals surface area contributed by atoms with Crippen molar-refractivity contribution in [3.63, 3.8) is 0 Å². The van der Waals surface area contributed by atoms with Crippen LogP contribution in [0.15, 0.2) is 23.2 Å². The van der Waals surface area contributed by atoms with Crippen LogP contribution in [0.4, 0.5) is 10.1 Å². The molecule has 0 saturated heterocycles. The van der Waals surface area contributed by atoms with Crippen molar-refractivity contribution >= 4 is 23.2 Å². The highest BCUT2D eigenvalue weighted by Gasteiger charge is 2.08. The molecule has 5 nitrogen and oxygen atoms in total. The zero-order chi connectivity index (χ0) is 13.5. The van der Waals surface area contributed by atoms with Crippen molar-refractivity contribution in [2.45, 2.75) is 13.0 Å². The average molecular weight is 275 g/mol. The molecule has 0 bridgehead atoms. The van der Waals surface area contributed by atoms with Gasteiger partial charge in [0, 0.05) is 7.11 Å². The molecule has 1 aromatic rings. The van der Waals surface area contributed by atoms with Gasteiger partial charge in [-0.2, -0.15) is 0 Å². The molecule has 4 N–H and O–H groups in total. The lowest BCUT2D eigenvalue weighted by Gasteiger charge is -2.13. The first-order chi connectivity index (χ1) is 8.58. The summed E-state index contributed by atoms with van der Waals surface area (Å²) in [4.78, 5) is 4.19. The summed E-state index contributed by atoms with van der Waals surface area (Å²) in [5.74, 6) is 5.00. The molecule has 0 amide bonds. The number of nitrogens with two attached hydrogens (primary N) is 1. The third-order valence-electron chi connectivity index (χ3n) is 2.10. The molecule has 100 valence electrons. The fourth-order valence-electron chi connectivity index (χ4n) is 1.33. The van der Waals surface area contributed by atoms with Gasteiger partial charge < -0.3 is 10.1 Å². The summed E-state index contributed by atoms with van der Waals surface area (Å²) in [6, 6.07) is 4.51. The Morgan fingerprint density at radius 1 is 1.61 bits per heavy atom. The van der Waals surface area contributed by atoms with E-state index >= 15 is 0 Å². The number of hydrogen-bond donors (Lipinski definition) is 3. The minimum atomic E-state index is -0.554. The molecule has 0 aliphatic rings. The third kappa shape index (κ3) is 4.14. The summed E-state index contributed by atoms with van der Waals surface area (Å²) in [6.45, 7) is 2.28. The van der Waals surface area contributed by atoms with E-state index < -0.39 is 5.82 Å². The SMILES string of the molecule is COCC(C)N=C(NN)Nc1cccc(Cl)c1F. The van der Waals surface area contributed by atoms with E-state index in [-0.39, 0.29) is 22.7 Å². The van der Waals surface area contributed by atoms with E-state index in [1.165, 1.54) is 12.1 Å². The van der Waals surface area contributed by atoms with Gasteiger partial charge in [0.1, 0.15) is 0 Å². The van der Waals surface area contributed by atoms with E-state index in [2.05, 4.69) is 15.7 Å². The van der Waals surface area contributed by atoms with Crippen LogP contribution in [0.1, 0.15) is 6.92 Å². The van der Waals surface area contributed by atoms with Crippen molar-refractivity contribution < 1.29 is 9.13 Å². The van der Waals surface area contributed by atoms with Gasteiger partial charge in [-0.05, 0) is 19.1 Å². The number of guanidine groups is 1. The zero-order valence-electron chi connectivity index (χ0n) is 10.2. The molecule has 0 aromatic heterocycles. The van der Waals surface area contributed by atoms with E-state index in [1.54, 1.807) is 13.2 Å². The van der Waals surface area contributed by atoms with E-state index in [9.17, 15) is 4.39 Å². The standard InChI is InChI=1S/C11H16ClFN4O/c1-7(6-18-2)15-11(17-14)16-9-5-3-4-8(12)10(9)13/h3-5,7H,6,14H2,1-2H3,(H2,15,16,17).